The molecule has 0 amide bonds. The smallest absolute Gasteiger partial charge is 0.251 e. The summed E-state index contributed by atoms with van der Waals surface area (Å²) in [5.41, 5.74) is 7.52. The fourth-order valence-corrected chi connectivity index (χ4v) is 3.76. The van der Waals surface area contributed by atoms with E-state index in [1.165, 1.54) is 37.7 Å². The third kappa shape index (κ3) is 1.61. The summed E-state index contributed by atoms with van der Waals surface area (Å²) >= 11 is 0. The Morgan fingerprint density at radius 2 is 1.68 bits per heavy atom. The van der Waals surface area contributed by atoms with Crippen LogP contribution in [0.4, 0.5) is 0 Å². The molecule has 3 nitrogen and oxygen atoms in total. The largest absolute Gasteiger partial charge is 0.448 e. The molecule has 0 saturated heterocycles. The molecular formula is C16H21NO2. The highest BCUT2D eigenvalue weighted by atomic mass is 16.7. The van der Waals surface area contributed by atoms with Gasteiger partial charge < -0.3 is 15.2 Å². The predicted molar refractivity (Wildman–Crippen MR) is 73.5 cm³/mol. The molecule has 2 N–H and O–H groups in total. The molecule has 3 aliphatic rings. The second-order valence-corrected chi connectivity index (χ2v) is 6.32. The van der Waals surface area contributed by atoms with E-state index in [-0.39, 0.29) is 11.2 Å². The lowest BCUT2D eigenvalue weighted by molar-refractivity contribution is -0.0716. The summed E-state index contributed by atoms with van der Waals surface area (Å²) in [6, 6.07) is 6.43. The fourth-order valence-electron chi connectivity index (χ4n) is 3.76. The molecule has 3 heteroatoms. The summed E-state index contributed by atoms with van der Waals surface area (Å²) in [6.07, 6.45) is 8.12. The molecule has 4 rings (SSSR count). The zero-order valence-electron chi connectivity index (χ0n) is 11.3. The Balaban J connectivity index is 1.66. The van der Waals surface area contributed by atoms with Gasteiger partial charge in [0.1, 0.15) is 0 Å². The topological polar surface area (TPSA) is 44.5 Å². The first-order chi connectivity index (χ1) is 9.25. The number of benzene rings is 1. The van der Waals surface area contributed by atoms with Crippen LogP contribution in [0.1, 0.15) is 50.5 Å². The van der Waals surface area contributed by atoms with E-state index in [1.807, 2.05) is 0 Å². The fraction of sp³-hybridized carbons (Fsp3) is 0.625. The highest BCUT2D eigenvalue weighted by Crippen LogP contribution is 2.50. The van der Waals surface area contributed by atoms with Gasteiger partial charge in [-0.2, -0.15) is 0 Å². The van der Waals surface area contributed by atoms with E-state index >= 15 is 0 Å². The van der Waals surface area contributed by atoms with Crippen molar-refractivity contribution in [2.75, 3.05) is 6.54 Å². The van der Waals surface area contributed by atoms with Crippen molar-refractivity contribution in [1.29, 1.82) is 0 Å². The Morgan fingerprint density at radius 3 is 2.32 bits per heavy atom. The zero-order valence-corrected chi connectivity index (χ0v) is 11.3. The van der Waals surface area contributed by atoms with Crippen molar-refractivity contribution in [3.8, 4) is 11.5 Å². The second-order valence-electron chi connectivity index (χ2n) is 6.32. The summed E-state index contributed by atoms with van der Waals surface area (Å²) < 4.78 is 12.2. The highest BCUT2D eigenvalue weighted by Gasteiger charge is 2.45. The van der Waals surface area contributed by atoms with Crippen LogP contribution >= 0.6 is 0 Å². The molecule has 19 heavy (non-hydrogen) atoms. The number of hydrogen-bond acceptors (Lipinski definition) is 3. The average molecular weight is 259 g/mol. The lowest BCUT2D eigenvalue weighted by atomic mass is 9.64. The Bertz CT molecular complexity index is 496. The Kier molecular flexibility index (Phi) is 2.37. The first kappa shape index (κ1) is 11.6. The minimum atomic E-state index is -0.351. The van der Waals surface area contributed by atoms with Gasteiger partial charge in [0.25, 0.3) is 5.79 Å². The number of nitrogens with two attached hydrogens (primary N) is 1. The van der Waals surface area contributed by atoms with Crippen LogP contribution in [0.3, 0.4) is 0 Å². The SMILES string of the molecule is NCC1(c2ccc3c(c2)OC2(CCCC2)O3)CCC1. The standard InChI is InChI=1S/C16H21NO2/c17-11-15(6-3-7-15)12-4-5-13-14(10-12)19-16(18-13)8-1-2-9-16/h4-5,10H,1-3,6-9,11,17H2. The highest BCUT2D eigenvalue weighted by molar-refractivity contribution is 5.48. The van der Waals surface area contributed by atoms with Crippen molar-refractivity contribution in [2.45, 2.75) is 56.1 Å². The maximum Gasteiger partial charge on any atom is 0.251 e. The molecule has 0 aromatic heterocycles. The molecular weight excluding hydrogens is 238 g/mol. The van der Waals surface area contributed by atoms with Crippen molar-refractivity contribution < 1.29 is 9.47 Å². The molecule has 0 unspecified atom stereocenters. The van der Waals surface area contributed by atoms with Crippen LogP contribution in [0.2, 0.25) is 0 Å². The third-order valence-corrected chi connectivity index (χ3v) is 5.21. The first-order valence-corrected chi connectivity index (χ1v) is 7.48. The molecule has 0 atom stereocenters. The number of fused-ring (bicyclic) bond motifs is 1. The van der Waals surface area contributed by atoms with Gasteiger partial charge in [-0.1, -0.05) is 12.5 Å². The molecule has 1 heterocycles. The number of ether oxygens (including phenoxy) is 2. The second kappa shape index (κ2) is 3.89. The van der Waals surface area contributed by atoms with E-state index in [9.17, 15) is 0 Å². The Morgan fingerprint density at radius 1 is 0.947 bits per heavy atom. The van der Waals surface area contributed by atoms with Crippen LogP contribution in [0.15, 0.2) is 18.2 Å². The minimum absolute atomic E-state index is 0.198. The van der Waals surface area contributed by atoms with Crippen molar-refractivity contribution >= 4 is 0 Å². The van der Waals surface area contributed by atoms with Crippen LogP contribution in [0.25, 0.3) is 0 Å². The molecule has 2 aliphatic carbocycles. The van der Waals surface area contributed by atoms with E-state index in [0.717, 1.165) is 30.9 Å². The van der Waals surface area contributed by atoms with Crippen molar-refractivity contribution in [1.82, 2.24) is 0 Å². The lowest BCUT2D eigenvalue weighted by Gasteiger charge is -2.41. The molecule has 1 aliphatic heterocycles. The van der Waals surface area contributed by atoms with E-state index in [4.69, 9.17) is 15.2 Å². The minimum Gasteiger partial charge on any atom is -0.448 e. The number of rotatable bonds is 2. The molecule has 2 fully saturated rings. The third-order valence-electron chi connectivity index (χ3n) is 5.21. The van der Waals surface area contributed by atoms with Crippen LogP contribution < -0.4 is 15.2 Å². The van der Waals surface area contributed by atoms with E-state index in [1.54, 1.807) is 0 Å². The van der Waals surface area contributed by atoms with Gasteiger partial charge in [0.2, 0.25) is 0 Å². The molecule has 1 aromatic rings. The van der Waals surface area contributed by atoms with Gasteiger partial charge in [-0.25, -0.2) is 0 Å². The van der Waals surface area contributed by atoms with Gasteiger partial charge in [-0.3, -0.25) is 0 Å². The zero-order chi connectivity index (χ0) is 12.9. The van der Waals surface area contributed by atoms with Gasteiger partial charge in [0.15, 0.2) is 11.5 Å². The average Bonchev–Trinajstić information content (AvgIpc) is 2.95. The number of hydrogen-bond donors (Lipinski definition) is 1. The van der Waals surface area contributed by atoms with Crippen LogP contribution in [0, 0.1) is 0 Å². The Labute approximate surface area is 114 Å². The summed E-state index contributed by atoms with van der Waals surface area (Å²) in [5.74, 6) is 1.49. The van der Waals surface area contributed by atoms with Crippen LogP contribution in [-0.4, -0.2) is 12.3 Å². The van der Waals surface area contributed by atoms with Crippen molar-refractivity contribution in [3.05, 3.63) is 23.8 Å². The van der Waals surface area contributed by atoms with Crippen molar-refractivity contribution in [3.63, 3.8) is 0 Å². The normalized spacial score (nSPS) is 25.5. The summed E-state index contributed by atoms with van der Waals surface area (Å²) in [4.78, 5) is 0. The maximum atomic E-state index is 6.14. The van der Waals surface area contributed by atoms with Crippen LogP contribution in [-0.2, 0) is 5.41 Å². The quantitative estimate of drug-likeness (QED) is 0.887. The van der Waals surface area contributed by atoms with E-state index in [2.05, 4.69) is 18.2 Å². The van der Waals surface area contributed by atoms with Crippen LogP contribution in [0.5, 0.6) is 11.5 Å². The molecule has 0 bridgehead atoms. The van der Waals surface area contributed by atoms with E-state index < -0.39 is 0 Å². The monoisotopic (exact) mass is 259 g/mol. The first-order valence-electron chi connectivity index (χ1n) is 7.48. The lowest BCUT2D eigenvalue weighted by Crippen LogP contribution is -2.41. The van der Waals surface area contributed by atoms with Gasteiger partial charge >= 0.3 is 0 Å². The maximum absolute atomic E-state index is 6.14. The summed E-state index contributed by atoms with van der Waals surface area (Å²) in [7, 11) is 0. The predicted octanol–water partition coefficient (Wildman–Crippen LogP) is 3.11. The summed E-state index contributed by atoms with van der Waals surface area (Å²) in [6.45, 7) is 0.734. The van der Waals surface area contributed by atoms with Gasteiger partial charge in [-0.15, -0.1) is 0 Å². The molecule has 0 radical (unpaired) electrons. The van der Waals surface area contributed by atoms with Gasteiger partial charge in [-0.05, 0) is 43.4 Å². The molecule has 1 aromatic carbocycles. The molecule has 102 valence electrons. The van der Waals surface area contributed by atoms with E-state index in [0.29, 0.717) is 0 Å². The Hall–Kier alpha value is -1.22. The van der Waals surface area contributed by atoms with Gasteiger partial charge in [0.05, 0.1) is 0 Å². The summed E-state index contributed by atoms with van der Waals surface area (Å²) in [5, 5.41) is 0. The van der Waals surface area contributed by atoms with Crippen molar-refractivity contribution in [2.24, 2.45) is 5.73 Å². The molecule has 1 spiro atoms. The van der Waals surface area contributed by atoms with Gasteiger partial charge in [0, 0.05) is 24.8 Å². The molecule has 2 saturated carbocycles.